The van der Waals surface area contributed by atoms with E-state index in [2.05, 4.69) is 10.3 Å². The lowest BCUT2D eigenvalue weighted by Gasteiger charge is -2.09. The number of aromatic nitrogens is 1. The van der Waals surface area contributed by atoms with Crippen LogP contribution in [-0.4, -0.2) is 43.8 Å². The smallest absolute Gasteiger partial charge is 0.357 e. The van der Waals surface area contributed by atoms with Crippen molar-refractivity contribution in [2.45, 2.75) is 31.3 Å². The van der Waals surface area contributed by atoms with Crippen LogP contribution in [0.1, 0.15) is 50.6 Å². The van der Waals surface area contributed by atoms with Gasteiger partial charge in [0.1, 0.15) is 5.69 Å². The van der Waals surface area contributed by atoms with Crippen molar-refractivity contribution in [2.75, 3.05) is 6.54 Å². The molecule has 0 aliphatic carbocycles. The Balaban J connectivity index is 1.57. The standard InChI is InChI=1S/C25H24ClN3O6S/c1-16(2)35-25(32)22-12-7-19(15-28-22)24(31)29-36(33,34)21-10-5-18(6-11-21)23(30)27-14-13-17-3-8-20(26)9-4-17/h3-12,15-16H,13-14H2,1-2H3,(H,27,30)(H,29,31). The molecule has 0 fully saturated rings. The van der Waals surface area contributed by atoms with Gasteiger partial charge in [0.15, 0.2) is 0 Å². The quantitative estimate of drug-likeness (QED) is 0.406. The average Bonchev–Trinajstić information content (AvgIpc) is 2.84. The van der Waals surface area contributed by atoms with Crippen LogP contribution >= 0.6 is 11.6 Å². The molecule has 2 aromatic carbocycles. The second-order valence-corrected chi connectivity index (χ2v) is 10.1. The highest BCUT2D eigenvalue weighted by Gasteiger charge is 2.20. The van der Waals surface area contributed by atoms with Crippen LogP contribution in [0.25, 0.3) is 0 Å². The van der Waals surface area contributed by atoms with Gasteiger partial charge in [0.05, 0.1) is 16.6 Å². The number of ether oxygens (including phenoxy) is 1. The van der Waals surface area contributed by atoms with E-state index >= 15 is 0 Å². The molecule has 11 heteroatoms. The van der Waals surface area contributed by atoms with Crippen molar-refractivity contribution < 1.29 is 27.5 Å². The number of nitrogens with one attached hydrogen (secondary N) is 2. The largest absolute Gasteiger partial charge is 0.458 e. The van der Waals surface area contributed by atoms with Crippen LogP contribution in [0.4, 0.5) is 0 Å². The molecule has 1 heterocycles. The van der Waals surface area contributed by atoms with Gasteiger partial charge < -0.3 is 10.1 Å². The topological polar surface area (TPSA) is 132 Å². The Morgan fingerprint density at radius 2 is 1.56 bits per heavy atom. The normalized spacial score (nSPS) is 11.1. The molecule has 0 bridgehead atoms. The number of amides is 2. The summed E-state index contributed by atoms with van der Waals surface area (Å²) in [7, 11) is -4.21. The highest BCUT2D eigenvalue weighted by atomic mass is 35.5. The van der Waals surface area contributed by atoms with Gasteiger partial charge in [-0.05, 0) is 74.4 Å². The molecule has 36 heavy (non-hydrogen) atoms. The van der Waals surface area contributed by atoms with Crippen molar-refractivity contribution >= 4 is 39.4 Å². The highest BCUT2D eigenvalue weighted by molar-refractivity contribution is 7.90. The molecule has 3 rings (SSSR count). The van der Waals surface area contributed by atoms with Gasteiger partial charge in [-0.15, -0.1) is 0 Å². The zero-order valence-corrected chi connectivity index (χ0v) is 21.1. The molecule has 2 N–H and O–H groups in total. The Labute approximate surface area is 213 Å². The molecule has 0 saturated carbocycles. The fourth-order valence-electron chi connectivity index (χ4n) is 3.02. The number of esters is 1. The lowest BCUT2D eigenvalue weighted by atomic mass is 10.1. The minimum Gasteiger partial charge on any atom is -0.458 e. The fourth-order valence-corrected chi connectivity index (χ4v) is 4.12. The lowest BCUT2D eigenvalue weighted by Crippen LogP contribution is -2.31. The Bertz CT molecular complexity index is 1340. The van der Waals surface area contributed by atoms with Crippen molar-refractivity contribution in [1.82, 2.24) is 15.0 Å². The van der Waals surface area contributed by atoms with Gasteiger partial charge >= 0.3 is 5.97 Å². The maximum absolute atomic E-state index is 12.6. The van der Waals surface area contributed by atoms with Gasteiger partial charge in [-0.25, -0.2) is 22.9 Å². The van der Waals surface area contributed by atoms with Gasteiger partial charge in [0, 0.05) is 23.3 Å². The Hall–Kier alpha value is -3.76. The second kappa shape index (κ2) is 11.8. The molecule has 0 saturated heterocycles. The van der Waals surface area contributed by atoms with Crippen LogP contribution < -0.4 is 10.0 Å². The molecule has 0 aliphatic heterocycles. The Morgan fingerprint density at radius 3 is 2.14 bits per heavy atom. The van der Waals surface area contributed by atoms with Gasteiger partial charge in [-0.1, -0.05) is 23.7 Å². The lowest BCUT2D eigenvalue weighted by molar-refractivity contribution is 0.0370. The molecule has 3 aromatic rings. The van der Waals surface area contributed by atoms with Crippen LogP contribution in [-0.2, 0) is 21.2 Å². The van der Waals surface area contributed by atoms with Gasteiger partial charge in [-0.3, -0.25) is 9.59 Å². The van der Waals surface area contributed by atoms with Crippen LogP contribution in [0.5, 0.6) is 0 Å². The van der Waals surface area contributed by atoms with Crippen LogP contribution in [0.3, 0.4) is 0 Å². The summed E-state index contributed by atoms with van der Waals surface area (Å²) in [5, 5.41) is 3.40. The number of sulfonamides is 1. The molecule has 1 aromatic heterocycles. The maximum atomic E-state index is 12.6. The van der Waals surface area contributed by atoms with Crippen LogP contribution in [0, 0.1) is 0 Å². The van der Waals surface area contributed by atoms with E-state index in [9.17, 15) is 22.8 Å². The van der Waals surface area contributed by atoms with E-state index in [-0.39, 0.29) is 33.7 Å². The summed E-state index contributed by atoms with van der Waals surface area (Å²) in [5.41, 5.74) is 1.21. The van der Waals surface area contributed by atoms with E-state index in [4.69, 9.17) is 16.3 Å². The zero-order chi connectivity index (χ0) is 26.3. The maximum Gasteiger partial charge on any atom is 0.357 e. The van der Waals surface area contributed by atoms with E-state index in [1.165, 1.54) is 36.4 Å². The summed E-state index contributed by atoms with van der Waals surface area (Å²) in [6, 6.07) is 15.0. The summed E-state index contributed by atoms with van der Waals surface area (Å²) < 4.78 is 32.2. The number of rotatable bonds is 9. The molecule has 188 valence electrons. The monoisotopic (exact) mass is 529 g/mol. The molecular weight excluding hydrogens is 506 g/mol. The van der Waals surface area contributed by atoms with E-state index in [0.29, 0.717) is 18.0 Å². The third-order valence-corrected chi connectivity index (χ3v) is 6.44. The van der Waals surface area contributed by atoms with E-state index in [1.54, 1.807) is 26.0 Å². The van der Waals surface area contributed by atoms with Gasteiger partial charge in [0.2, 0.25) is 0 Å². The number of nitrogens with zero attached hydrogens (tertiary/aromatic N) is 1. The number of benzene rings is 2. The van der Waals surface area contributed by atoms with Crippen molar-refractivity contribution in [2.24, 2.45) is 0 Å². The summed E-state index contributed by atoms with van der Waals surface area (Å²) in [6.45, 7) is 3.76. The number of halogens is 1. The first kappa shape index (κ1) is 26.8. The SMILES string of the molecule is CC(C)OC(=O)c1ccc(C(=O)NS(=O)(=O)c2ccc(C(=O)NCCc3ccc(Cl)cc3)cc2)cn1. The molecular formula is C25H24ClN3O6S. The summed E-state index contributed by atoms with van der Waals surface area (Å²) in [5.74, 6) is -1.94. The summed E-state index contributed by atoms with van der Waals surface area (Å²) >= 11 is 5.86. The van der Waals surface area contributed by atoms with E-state index < -0.39 is 21.9 Å². The minimum absolute atomic E-state index is 0.00913. The second-order valence-electron chi connectivity index (χ2n) is 7.98. The third kappa shape index (κ3) is 7.37. The minimum atomic E-state index is -4.21. The average molecular weight is 530 g/mol. The number of carbonyl (C=O) groups is 3. The van der Waals surface area contributed by atoms with Gasteiger partial charge in [0.25, 0.3) is 21.8 Å². The third-order valence-electron chi connectivity index (χ3n) is 4.84. The first-order valence-corrected chi connectivity index (χ1v) is 12.8. The molecule has 0 spiro atoms. The number of hydrogen-bond donors (Lipinski definition) is 2. The molecule has 0 unspecified atom stereocenters. The van der Waals surface area contributed by atoms with Crippen molar-refractivity contribution in [1.29, 1.82) is 0 Å². The Morgan fingerprint density at radius 1 is 0.917 bits per heavy atom. The first-order chi connectivity index (χ1) is 17.0. The predicted molar refractivity (Wildman–Crippen MR) is 133 cm³/mol. The zero-order valence-electron chi connectivity index (χ0n) is 19.5. The number of hydrogen-bond acceptors (Lipinski definition) is 7. The van der Waals surface area contributed by atoms with E-state index in [0.717, 1.165) is 11.8 Å². The van der Waals surface area contributed by atoms with Crippen molar-refractivity contribution in [3.8, 4) is 0 Å². The number of carbonyl (C=O) groups excluding carboxylic acids is 3. The highest BCUT2D eigenvalue weighted by Crippen LogP contribution is 2.13. The fraction of sp³-hybridized carbons (Fsp3) is 0.200. The molecule has 0 radical (unpaired) electrons. The summed E-state index contributed by atoms with van der Waals surface area (Å²) in [6.07, 6.45) is 1.36. The Kier molecular flexibility index (Phi) is 8.78. The van der Waals surface area contributed by atoms with Gasteiger partial charge in [-0.2, -0.15) is 0 Å². The van der Waals surface area contributed by atoms with Crippen molar-refractivity contribution in [3.63, 3.8) is 0 Å². The molecule has 0 aliphatic rings. The predicted octanol–water partition coefficient (Wildman–Crippen LogP) is 3.39. The molecule has 0 atom stereocenters. The van der Waals surface area contributed by atoms with E-state index in [1.807, 2.05) is 16.9 Å². The first-order valence-electron chi connectivity index (χ1n) is 10.9. The van der Waals surface area contributed by atoms with Crippen LogP contribution in [0.2, 0.25) is 5.02 Å². The molecule has 2 amide bonds. The van der Waals surface area contributed by atoms with Crippen LogP contribution in [0.15, 0.2) is 71.8 Å². The number of pyridine rings is 1. The van der Waals surface area contributed by atoms with Crippen molar-refractivity contribution in [3.05, 3.63) is 94.3 Å². The molecule has 9 nitrogen and oxygen atoms in total. The summed E-state index contributed by atoms with van der Waals surface area (Å²) in [4.78, 5) is 40.3.